The highest BCUT2D eigenvalue weighted by molar-refractivity contribution is 9.10. The van der Waals surface area contributed by atoms with Crippen molar-refractivity contribution in [1.82, 2.24) is 0 Å². The van der Waals surface area contributed by atoms with Gasteiger partial charge in [-0.05, 0) is 41.5 Å². The molecule has 0 atom stereocenters. The van der Waals surface area contributed by atoms with Crippen molar-refractivity contribution in [2.75, 3.05) is 7.11 Å². The third-order valence-corrected chi connectivity index (χ3v) is 3.60. The van der Waals surface area contributed by atoms with Crippen LogP contribution in [0.4, 0.5) is 0 Å². The zero-order chi connectivity index (χ0) is 11.5. The molecule has 2 nitrogen and oxygen atoms in total. The summed E-state index contributed by atoms with van der Waals surface area (Å²) in [6.45, 7) is 2.06. The zero-order valence-electron chi connectivity index (χ0n) is 8.99. The van der Waals surface area contributed by atoms with E-state index in [0.717, 1.165) is 9.37 Å². The van der Waals surface area contributed by atoms with Crippen LogP contribution in [0.5, 0.6) is 0 Å². The number of hydrogen-bond donors (Lipinski definition) is 0. The van der Waals surface area contributed by atoms with E-state index in [9.17, 15) is 0 Å². The van der Waals surface area contributed by atoms with E-state index in [1.807, 2.05) is 6.07 Å². The predicted octanol–water partition coefficient (Wildman–Crippen LogP) is 4.50. The molecule has 0 unspecified atom stereocenters. The van der Waals surface area contributed by atoms with Gasteiger partial charge in [-0.25, -0.2) is 4.89 Å². The Hall–Kier alpha value is -0.550. The lowest BCUT2D eigenvalue weighted by molar-refractivity contribution is -0.160. The fourth-order valence-electron chi connectivity index (χ4n) is 1.52. The Kier molecular flexibility index (Phi) is 3.86. The summed E-state index contributed by atoms with van der Waals surface area (Å²) in [5, 5.41) is 2.41. The second-order valence-electron chi connectivity index (χ2n) is 3.43. The van der Waals surface area contributed by atoms with Crippen LogP contribution < -0.4 is 0 Å². The molecule has 2 aromatic rings. The van der Waals surface area contributed by atoms with E-state index in [-0.39, 0.29) is 0 Å². The van der Waals surface area contributed by atoms with Gasteiger partial charge in [-0.2, -0.15) is 4.33 Å². The number of fused-ring (bicyclic) bond motifs is 1. The summed E-state index contributed by atoms with van der Waals surface area (Å²) in [4.78, 5) is 5.65. The third-order valence-electron chi connectivity index (χ3n) is 2.29. The van der Waals surface area contributed by atoms with Gasteiger partial charge in [-0.3, -0.25) is 0 Å². The van der Waals surface area contributed by atoms with Crippen LogP contribution >= 0.6 is 28.0 Å². The minimum Gasteiger partial charge on any atom is -0.227 e. The van der Waals surface area contributed by atoms with Crippen LogP contribution in [0.25, 0.3) is 10.8 Å². The van der Waals surface area contributed by atoms with Crippen molar-refractivity contribution < 1.29 is 9.22 Å². The summed E-state index contributed by atoms with van der Waals surface area (Å²) < 4.78 is 5.97. The second kappa shape index (κ2) is 5.19. The number of rotatable bonds is 3. The standard InChI is InChI=1S/C12H11BrO2S/c1-8-5-10-6-11(13)4-3-9(10)7-12(8)16-15-14-2/h3-7H,1-2H3. The molecule has 0 N–H and O–H groups in total. The van der Waals surface area contributed by atoms with Crippen molar-refractivity contribution in [3.8, 4) is 0 Å². The van der Waals surface area contributed by atoms with E-state index in [1.54, 1.807) is 0 Å². The van der Waals surface area contributed by atoms with Crippen LogP contribution in [-0.4, -0.2) is 7.11 Å². The molecular formula is C12H11BrO2S. The Morgan fingerprint density at radius 2 is 1.94 bits per heavy atom. The SMILES string of the molecule is COOSc1cc2ccc(Br)cc2cc1C. The molecule has 0 aliphatic carbocycles. The molecule has 4 heteroatoms. The molecule has 84 valence electrons. The molecule has 2 aromatic carbocycles. The van der Waals surface area contributed by atoms with E-state index >= 15 is 0 Å². The van der Waals surface area contributed by atoms with Crippen LogP contribution in [0, 0.1) is 6.92 Å². The first kappa shape index (κ1) is 11.9. The maximum Gasteiger partial charge on any atom is 0.0725 e. The summed E-state index contributed by atoms with van der Waals surface area (Å²) >= 11 is 4.70. The van der Waals surface area contributed by atoms with E-state index in [2.05, 4.69) is 52.0 Å². The van der Waals surface area contributed by atoms with Gasteiger partial charge >= 0.3 is 0 Å². The fraction of sp³-hybridized carbons (Fsp3) is 0.167. The van der Waals surface area contributed by atoms with E-state index in [4.69, 9.17) is 4.33 Å². The molecule has 0 fully saturated rings. The molecule has 0 aliphatic heterocycles. The van der Waals surface area contributed by atoms with Crippen LogP contribution in [-0.2, 0) is 9.22 Å². The molecule has 2 rings (SSSR count). The first-order valence-corrected chi connectivity index (χ1v) is 6.31. The van der Waals surface area contributed by atoms with Crippen LogP contribution in [0.2, 0.25) is 0 Å². The van der Waals surface area contributed by atoms with E-state index < -0.39 is 0 Å². The normalized spacial score (nSPS) is 10.9. The predicted molar refractivity (Wildman–Crippen MR) is 70.3 cm³/mol. The molecular weight excluding hydrogens is 288 g/mol. The monoisotopic (exact) mass is 298 g/mol. The highest BCUT2D eigenvalue weighted by atomic mass is 79.9. The molecule has 16 heavy (non-hydrogen) atoms. The molecule has 0 bridgehead atoms. The number of hydrogen-bond acceptors (Lipinski definition) is 3. The third kappa shape index (κ3) is 2.58. The summed E-state index contributed by atoms with van der Waals surface area (Å²) in [6.07, 6.45) is 0. The van der Waals surface area contributed by atoms with Crippen molar-refractivity contribution in [3.63, 3.8) is 0 Å². The smallest absolute Gasteiger partial charge is 0.0725 e. The van der Waals surface area contributed by atoms with Crippen molar-refractivity contribution in [2.24, 2.45) is 0 Å². The van der Waals surface area contributed by atoms with Gasteiger partial charge in [-0.15, -0.1) is 0 Å². The van der Waals surface area contributed by atoms with Crippen LogP contribution in [0.1, 0.15) is 5.56 Å². The fourth-order valence-corrected chi connectivity index (χ4v) is 2.41. The van der Waals surface area contributed by atoms with Gasteiger partial charge in [0.15, 0.2) is 0 Å². The molecule has 0 spiro atoms. The van der Waals surface area contributed by atoms with E-state index in [0.29, 0.717) is 0 Å². The topological polar surface area (TPSA) is 18.5 Å². The minimum absolute atomic E-state index is 1.07. The largest absolute Gasteiger partial charge is 0.227 e. The Morgan fingerprint density at radius 1 is 1.12 bits per heavy atom. The lowest BCUT2D eigenvalue weighted by atomic mass is 10.1. The molecule has 0 aliphatic rings. The average molecular weight is 299 g/mol. The average Bonchev–Trinajstić information content (AvgIpc) is 2.26. The number of aryl methyl sites for hydroxylation is 1. The van der Waals surface area contributed by atoms with Gasteiger partial charge in [0.05, 0.1) is 19.2 Å². The summed E-state index contributed by atoms with van der Waals surface area (Å²) in [5.41, 5.74) is 1.17. The number of benzene rings is 2. The summed E-state index contributed by atoms with van der Waals surface area (Å²) in [7, 11) is 1.50. The van der Waals surface area contributed by atoms with Crippen molar-refractivity contribution in [2.45, 2.75) is 11.8 Å². The Morgan fingerprint density at radius 3 is 2.69 bits per heavy atom. The molecule has 0 aromatic heterocycles. The Balaban J connectivity index is 2.45. The quantitative estimate of drug-likeness (QED) is 0.472. The first-order chi connectivity index (χ1) is 7.70. The lowest BCUT2D eigenvalue weighted by Gasteiger charge is -2.06. The zero-order valence-corrected chi connectivity index (χ0v) is 11.4. The van der Waals surface area contributed by atoms with Gasteiger partial charge in [-0.1, -0.05) is 28.1 Å². The second-order valence-corrected chi connectivity index (χ2v) is 5.09. The van der Waals surface area contributed by atoms with Gasteiger partial charge in [0, 0.05) is 9.37 Å². The maximum absolute atomic E-state index is 4.88. The highest BCUT2D eigenvalue weighted by Gasteiger charge is 2.03. The van der Waals surface area contributed by atoms with Crippen molar-refractivity contribution >= 4 is 38.7 Å². The van der Waals surface area contributed by atoms with Crippen LogP contribution in [0.3, 0.4) is 0 Å². The minimum atomic E-state index is 1.07. The number of halogens is 1. The highest BCUT2D eigenvalue weighted by Crippen LogP contribution is 2.29. The molecule has 0 saturated carbocycles. The van der Waals surface area contributed by atoms with Crippen molar-refractivity contribution in [3.05, 3.63) is 40.4 Å². The van der Waals surface area contributed by atoms with Crippen molar-refractivity contribution in [1.29, 1.82) is 0 Å². The first-order valence-electron chi connectivity index (χ1n) is 4.78. The molecule has 0 saturated heterocycles. The lowest BCUT2D eigenvalue weighted by Crippen LogP contribution is -1.84. The van der Waals surface area contributed by atoms with E-state index in [1.165, 1.54) is 35.5 Å². The Labute approximate surface area is 107 Å². The van der Waals surface area contributed by atoms with Gasteiger partial charge in [0.2, 0.25) is 0 Å². The van der Waals surface area contributed by atoms with Gasteiger partial charge < -0.3 is 0 Å². The van der Waals surface area contributed by atoms with Gasteiger partial charge in [0.1, 0.15) is 0 Å². The van der Waals surface area contributed by atoms with Crippen LogP contribution in [0.15, 0.2) is 39.7 Å². The molecule has 0 heterocycles. The summed E-state index contributed by atoms with van der Waals surface area (Å²) in [6, 6.07) is 10.5. The van der Waals surface area contributed by atoms with Gasteiger partial charge in [0.25, 0.3) is 0 Å². The Bertz CT molecular complexity index is 514. The summed E-state index contributed by atoms with van der Waals surface area (Å²) in [5.74, 6) is 0. The molecule has 0 radical (unpaired) electrons. The molecule has 0 amide bonds. The maximum atomic E-state index is 4.88.